The Balaban J connectivity index is 1.53. The topological polar surface area (TPSA) is 70.6 Å². The lowest BCUT2D eigenvalue weighted by atomic mass is 9.95. The van der Waals surface area contributed by atoms with Gasteiger partial charge in [-0.2, -0.15) is 0 Å². The highest BCUT2D eigenvalue weighted by Crippen LogP contribution is 2.25. The molecule has 1 saturated carbocycles. The summed E-state index contributed by atoms with van der Waals surface area (Å²) in [6, 6.07) is 7.45. The van der Waals surface area contributed by atoms with Crippen LogP contribution >= 0.6 is 0 Å². The number of carbonyl (C=O) groups excluding carboxylic acids is 1. The van der Waals surface area contributed by atoms with Gasteiger partial charge in [-0.1, -0.05) is 6.42 Å². The molecule has 1 amide bonds. The molecule has 0 spiro atoms. The lowest BCUT2D eigenvalue weighted by molar-refractivity contribution is -0.120. The summed E-state index contributed by atoms with van der Waals surface area (Å²) in [6.07, 6.45) is 5.19. The van der Waals surface area contributed by atoms with Crippen molar-refractivity contribution in [3.8, 4) is 5.75 Å². The van der Waals surface area contributed by atoms with Crippen molar-refractivity contribution in [1.29, 1.82) is 0 Å². The van der Waals surface area contributed by atoms with Crippen LogP contribution in [0.25, 0.3) is 0 Å². The summed E-state index contributed by atoms with van der Waals surface area (Å²) in [7, 11) is 0. The van der Waals surface area contributed by atoms with Gasteiger partial charge in [-0.05, 0) is 69.5 Å². The summed E-state index contributed by atoms with van der Waals surface area (Å²) in [4.78, 5) is 12.2. The number of hydrogen-bond acceptors (Lipinski definition) is 4. The van der Waals surface area contributed by atoms with E-state index in [0.29, 0.717) is 0 Å². The molecule has 2 atom stereocenters. The molecule has 1 aliphatic heterocycles. The molecule has 23 heavy (non-hydrogen) atoms. The zero-order valence-corrected chi connectivity index (χ0v) is 13.5. The fourth-order valence-corrected chi connectivity index (χ4v) is 3.33. The molecule has 1 aromatic carbocycles. The number of nitrogens with one attached hydrogen (secondary N) is 2. The Morgan fingerprint density at radius 3 is 2.48 bits per heavy atom. The van der Waals surface area contributed by atoms with E-state index in [1.54, 1.807) is 0 Å². The third-order valence-electron chi connectivity index (χ3n) is 4.79. The van der Waals surface area contributed by atoms with Gasteiger partial charge in [-0.15, -0.1) is 0 Å². The lowest BCUT2D eigenvalue weighted by Gasteiger charge is -2.28. The van der Waals surface area contributed by atoms with E-state index in [4.69, 9.17) is 4.74 Å². The third kappa shape index (κ3) is 4.45. The molecule has 2 fully saturated rings. The maximum absolute atomic E-state index is 12.2. The molecular weight excluding hydrogens is 292 g/mol. The minimum atomic E-state index is -0.372. The zero-order valence-electron chi connectivity index (χ0n) is 13.5. The van der Waals surface area contributed by atoms with Crippen molar-refractivity contribution in [2.24, 2.45) is 5.92 Å². The van der Waals surface area contributed by atoms with Crippen molar-refractivity contribution in [2.45, 2.75) is 50.7 Å². The number of aliphatic hydroxyl groups excluding tert-OH is 1. The molecule has 0 aromatic heterocycles. The number of carbonyl (C=O) groups is 1. The first-order valence-electron chi connectivity index (χ1n) is 8.69. The van der Waals surface area contributed by atoms with E-state index < -0.39 is 0 Å². The molecule has 5 heteroatoms. The van der Waals surface area contributed by atoms with Gasteiger partial charge in [0.25, 0.3) is 0 Å². The predicted octanol–water partition coefficient (Wildman–Crippen LogP) is 2.31. The largest absolute Gasteiger partial charge is 0.488 e. The Morgan fingerprint density at radius 1 is 1.09 bits per heavy atom. The highest BCUT2D eigenvalue weighted by atomic mass is 16.5. The van der Waals surface area contributed by atoms with Crippen LogP contribution in [0.3, 0.4) is 0 Å². The molecular formula is C18H26N2O3. The van der Waals surface area contributed by atoms with Crippen molar-refractivity contribution in [3.05, 3.63) is 24.3 Å². The average molecular weight is 318 g/mol. The van der Waals surface area contributed by atoms with Crippen LogP contribution in [0.2, 0.25) is 0 Å². The Kier molecular flexibility index (Phi) is 5.51. The molecule has 2 unspecified atom stereocenters. The van der Waals surface area contributed by atoms with Crippen LogP contribution in [-0.2, 0) is 4.79 Å². The average Bonchev–Trinajstić information content (AvgIpc) is 2.59. The molecule has 1 heterocycles. The minimum Gasteiger partial charge on any atom is -0.488 e. The minimum absolute atomic E-state index is 0.0999. The molecule has 1 aromatic rings. The maximum Gasteiger partial charge on any atom is 0.227 e. The van der Waals surface area contributed by atoms with Crippen molar-refractivity contribution < 1.29 is 14.6 Å². The molecule has 3 N–H and O–H groups in total. The summed E-state index contributed by atoms with van der Waals surface area (Å²) < 4.78 is 5.87. The van der Waals surface area contributed by atoms with Gasteiger partial charge in [0, 0.05) is 11.6 Å². The van der Waals surface area contributed by atoms with Crippen LogP contribution < -0.4 is 15.4 Å². The molecule has 0 bridgehead atoms. The fraction of sp³-hybridized carbons (Fsp3) is 0.611. The lowest BCUT2D eigenvalue weighted by Crippen LogP contribution is -2.34. The van der Waals surface area contributed by atoms with Crippen molar-refractivity contribution in [1.82, 2.24) is 5.32 Å². The SMILES string of the molecule is O=C(Nc1ccc(OC2CCCCC2O)cc1)C1CCNCC1. The molecule has 126 valence electrons. The highest BCUT2D eigenvalue weighted by molar-refractivity contribution is 5.92. The summed E-state index contributed by atoms with van der Waals surface area (Å²) in [6.45, 7) is 1.82. The van der Waals surface area contributed by atoms with Crippen molar-refractivity contribution in [3.63, 3.8) is 0 Å². The normalized spacial score (nSPS) is 25.8. The summed E-state index contributed by atoms with van der Waals surface area (Å²) in [5.74, 6) is 0.947. The van der Waals surface area contributed by atoms with Gasteiger partial charge >= 0.3 is 0 Å². The first-order chi connectivity index (χ1) is 11.2. The molecule has 2 aliphatic rings. The summed E-state index contributed by atoms with van der Waals surface area (Å²) >= 11 is 0. The first kappa shape index (κ1) is 16.3. The smallest absolute Gasteiger partial charge is 0.227 e. The van der Waals surface area contributed by atoms with Gasteiger partial charge < -0.3 is 20.5 Å². The first-order valence-corrected chi connectivity index (χ1v) is 8.69. The number of ether oxygens (including phenoxy) is 1. The standard InChI is InChI=1S/C18H26N2O3/c21-16-3-1-2-4-17(16)23-15-7-5-14(6-8-15)20-18(22)13-9-11-19-12-10-13/h5-8,13,16-17,19,21H,1-4,9-12H2,(H,20,22). The van der Waals surface area contributed by atoms with Crippen LogP contribution in [-0.4, -0.2) is 36.3 Å². The molecule has 5 nitrogen and oxygen atoms in total. The third-order valence-corrected chi connectivity index (χ3v) is 4.79. The molecule has 0 radical (unpaired) electrons. The number of aliphatic hydroxyl groups is 1. The Morgan fingerprint density at radius 2 is 1.78 bits per heavy atom. The molecule has 3 rings (SSSR count). The predicted molar refractivity (Wildman–Crippen MR) is 89.6 cm³/mol. The van der Waals surface area contributed by atoms with Crippen molar-refractivity contribution in [2.75, 3.05) is 18.4 Å². The van der Waals surface area contributed by atoms with Crippen LogP contribution in [0, 0.1) is 5.92 Å². The second kappa shape index (κ2) is 7.79. The Hall–Kier alpha value is -1.59. The summed E-state index contributed by atoms with van der Waals surface area (Å²) in [5.41, 5.74) is 0.796. The zero-order chi connectivity index (χ0) is 16.1. The number of hydrogen-bond donors (Lipinski definition) is 3. The van der Waals surface area contributed by atoms with E-state index >= 15 is 0 Å². The van der Waals surface area contributed by atoms with E-state index in [9.17, 15) is 9.90 Å². The number of piperidine rings is 1. The molecule has 1 aliphatic carbocycles. The van der Waals surface area contributed by atoms with Gasteiger partial charge in [0.05, 0.1) is 6.10 Å². The Bertz CT molecular complexity index is 512. The van der Waals surface area contributed by atoms with Crippen LogP contribution in [0.4, 0.5) is 5.69 Å². The van der Waals surface area contributed by atoms with Gasteiger partial charge in [-0.25, -0.2) is 0 Å². The van der Waals surface area contributed by atoms with E-state index in [-0.39, 0.29) is 24.0 Å². The Labute approximate surface area is 137 Å². The van der Waals surface area contributed by atoms with Gasteiger partial charge in [0.2, 0.25) is 5.91 Å². The summed E-state index contributed by atoms with van der Waals surface area (Å²) in [5, 5.41) is 16.2. The van der Waals surface area contributed by atoms with Crippen LogP contribution in [0.5, 0.6) is 5.75 Å². The van der Waals surface area contributed by atoms with Crippen molar-refractivity contribution >= 4 is 11.6 Å². The van der Waals surface area contributed by atoms with E-state index in [0.717, 1.165) is 63.1 Å². The number of anilines is 1. The van der Waals surface area contributed by atoms with E-state index in [1.165, 1.54) is 0 Å². The van der Waals surface area contributed by atoms with Gasteiger partial charge in [0.1, 0.15) is 11.9 Å². The quantitative estimate of drug-likeness (QED) is 0.797. The second-order valence-corrected chi connectivity index (χ2v) is 6.55. The van der Waals surface area contributed by atoms with Crippen LogP contribution in [0.15, 0.2) is 24.3 Å². The fourth-order valence-electron chi connectivity index (χ4n) is 3.33. The van der Waals surface area contributed by atoms with Crippen LogP contribution in [0.1, 0.15) is 38.5 Å². The van der Waals surface area contributed by atoms with Gasteiger partial charge in [0.15, 0.2) is 0 Å². The number of amides is 1. The monoisotopic (exact) mass is 318 g/mol. The highest BCUT2D eigenvalue weighted by Gasteiger charge is 2.24. The number of rotatable bonds is 4. The van der Waals surface area contributed by atoms with E-state index in [2.05, 4.69) is 10.6 Å². The molecule has 1 saturated heterocycles. The maximum atomic E-state index is 12.2. The second-order valence-electron chi connectivity index (χ2n) is 6.55. The van der Waals surface area contributed by atoms with E-state index in [1.807, 2.05) is 24.3 Å². The number of benzene rings is 1. The van der Waals surface area contributed by atoms with Gasteiger partial charge in [-0.3, -0.25) is 4.79 Å².